The molecule has 1 unspecified atom stereocenters. The van der Waals surface area contributed by atoms with Crippen LogP contribution in [0.25, 0.3) is 0 Å². The smallest absolute Gasteiger partial charge is 0.305 e. The van der Waals surface area contributed by atoms with E-state index in [0.717, 1.165) is 32.1 Å². The lowest BCUT2D eigenvalue weighted by Gasteiger charge is -2.56. The molecule has 0 aromatic rings. The van der Waals surface area contributed by atoms with Crippen molar-refractivity contribution in [2.24, 2.45) is 40.9 Å². The first-order valence-electron chi connectivity index (χ1n) is 14.5. The van der Waals surface area contributed by atoms with Crippen molar-refractivity contribution in [1.29, 1.82) is 0 Å². The minimum atomic E-state index is -0.732. The molecule has 0 spiro atoms. The molecule has 3 saturated carbocycles. The molecule has 0 aliphatic heterocycles. The second kappa shape index (κ2) is 12.9. The van der Waals surface area contributed by atoms with Crippen LogP contribution in [0.5, 0.6) is 0 Å². The van der Waals surface area contributed by atoms with Gasteiger partial charge in [0.15, 0.2) is 11.9 Å². The Labute approximate surface area is 227 Å². The summed E-state index contributed by atoms with van der Waals surface area (Å²) in [6.07, 6.45) is 5.02. The van der Waals surface area contributed by atoms with Crippen LogP contribution in [-0.4, -0.2) is 54.2 Å². The maximum atomic E-state index is 13.1. The Morgan fingerprint density at radius 1 is 1.03 bits per heavy atom. The molecule has 3 fully saturated rings. The minimum absolute atomic E-state index is 0.00995. The van der Waals surface area contributed by atoms with E-state index in [-0.39, 0.29) is 71.2 Å². The van der Waals surface area contributed by atoms with E-state index in [0.29, 0.717) is 25.7 Å². The number of fused-ring (bicyclic) bond motifs is 3. The van der Waals surface area contributed by atoms with Crippen LogP contribution in [0, 0.1) is 40.9 Å². The van der Waals surface area contributed by atoms with Gasteiger partial charge in [-0.1, -0.05) is 27.2 Å². The molecule has 0 bridgehead atoms. The first kappa shape index (κ1) is 30.6. The third-order valence-corrected chi connectivity index (χ3v) is 10.0. The van der Waals surface area contributed by atoms with E-state index < -0.39 is 18.2 Å². The van der Waals surface area contributed by atoms with E-state index in [1.807, 2.05) is 6.92 Å². The fourth-order valence-corrected chi connectivity index (χ4v) is 8.43. The summed E-state index contributed by atoms with van der Waals surface area (Å²) in [6, 6.07) is 0. The normalized spacial score (nSPS) is 35.8. The van der Waals surface area contributed by atoms with Crippen LogP contribution >= 0.6 is 0 Å². The van der Waals surface area contributed by atoms with E-state index in [2.05, 4.69) is 13.8 Å². The van der Waals surface area contributed by atoms with Gasteiger partial charge in [-0.2, -0.15) is 0 Å². The van der Waals surface area contributed by atoms with Crippen molar-refractivity contribution in [1.82, 2.24) is 0 Å². The molecule has 8 nitrogen and oxygen atoms in total. The van der Waals surface area contributed by atoms with E-state index >= 15 is 0 Å². The highest BCUT2D eigenvalue weighted by atomic mass is 16.5. The topological polar surface area (TPSA) is 116 Å². The minimum Gasteiger partial charge on any atom is -0.469 e. The van der Waals surface area contributed by atoms with Gasteiger partial charge in [0.25, 0.3) is 0 Å². The Morgan fingerprint density at radius 2 is 1.74 bits per heavy atom. The van der Waals surface area contributed by atoms with E-state index in [1.165, 1.54) is 21.0 Å². The molecule has 8 heteroatoms. The molecule has 0 heterocycles. The van der Waals surface area contributed by atoms with Gasteiger partial charge in [-0.25, -0.2) is 0 Å². The molecular weight excluding hydrogens is 488 g/mol. The summed E-state index contributed by atoms with van der Waals surface area (Å²) in [5.41, 5.74) is -0.320. The predicted octanol–water partition coefficient (Wildman–Crippen LogP) is 4.64. The third-order valence-electron chi connectivity index (χ3n) is 10.0. The molecule has 216 valence electrons. The highest BCUT2D eigenvalue weighted by Gasteiger charge is 2.62. The molecule has 0 aromatic carbocycles. The summed E-state index contributed by atoms with van der Waals surface area (Å²) in [6.45, 7) is 9.08. The van der Waals surface area contributed by atoms with Crippen molar-refractivity contribution in [2.45, 2.75) is 117 Å². The van der Waals surface area contributed by atoms with Gasteiger partial charge in [0.2, 0.25) is 0 Å². The number of esters is 3. The van der Waals surface area contributed by atoms with Crippen LogP contribution < -0.4 is 0 Å². The number of rotatable bonds is 11. The summed E-state index contributed by atoms with van der Waals surface area (Å²) in [7, 11) is 1.41. The molecule has 10 atom stereocenters. The van der Waals surface area contributed by atoms with Crippen LogP contribution in [-0.2, 0) is 33.4 Å². The van der Waals surface area contributed by atoms with Gasteiger partial charge in [-0.05, 0) is 80.0 Å². The van der Waals surface area contributed by atoms with E-state index in [9.17, 15) is 24.3 Å². The second-order valence-electron chi connectivity index (χ2n) is 12.4. The Bertz CT molecular complexity index is 870. The number of carbonyl (C=O) groups excluding carboxylic acids is 4. The number of carbonyl (C=O) groups is 4. The Kier molecular flexibility index (Phi) is 10.4. The summed E-state index contributed by atoms with van der Waals surface area (Å²) >= 11 is 0. The SMILES string of the molecule is CCC[C@@H](OC(C)=O)C(=O)C[C@@H]1C[C@H]2C[C@H](O)[C@]3(C)C([C@H](C)CCC(=O)OC)CC[C@H]3[C@@H]2[C@H](OC(C)=O)C1. The van der Waals surface area contributed by atoms with Crippen molar-refractivity contribution >= 4 is 23.7 Å². The van der Waals surface area contributed by atoms with Crippen LogP contribution in [0.1, 0.15) is 98.8 Å². The zero-order valence-corrected chi connectivity index (χ0v) is 24.1. The molecule has 0 aromatic heterocycles. The van der Waals surface area contributed by atoms with Crippen molar-refractivity contribution in [3.8, 4) is 0 Å². The van der Waals surface area contributed by atoms with Gasteiger partial charge in [0.1, 0.15) is 6.10 Å². The van der Waals surface area contributed by atoms with Crippen molar-refractivity contribution < 1.29 is 38.5 Å². The van der Waals surface area contributed by atoms with Crippen LogP contribution in [0.2, 0.25) is 0 Å². The van der Waals surface area contributed by atoms with Crippen molar-refractivity contribution in [2.75, 3.05) is 7.11 Å². The zero-order chi connectivity index (χ0) is 28.2. The van der Waals surface area contributed by atoms with Gasteiger partial charge in [0, 0.05) is 32.6 Å². The number of hydrogen-bond donors (Lipinski definition) is 1. The number of hydrogen-bond acceptors (Lipinski definition) is 8. The second-order valence-corrected chi connectivity index (χ2v) is 12.4. The maximum Gasteiger partial charge on any atom is 0.305 e. The van der Waals surface area contributed by atoms with Gasteiger partial charge >= 0.3 is 17.9 Å². The zero-order valence-electron chi connectivity index (χ0n) is 24.1. The van der Waals surface area contributed by atoms with Crippen LogP contribution in [0.4, 0.5) is 0 Å². The maximum absolute atomic E-state index is 13.1. The van der Waals surface area contributed by atoms with Crippen molar-refractivity contribution in [3.63, 3.8) is 0 Å². The average Bonchev–Trinajstić information content (AvgIpc) is 3.19. The quantitative estimate of drug-likeness (QED) is 0.300. The monoisotopic (exact) mass is 536 g/mol. The van der Waals surface area contributed by atoms with E-state index in [4.69, 9.17) is 14.2 Å². The number of Topliss-reactive ketones (excluding diaryl/α,β-unsaturated/α-hetero) is 1. The summed E-state index contributed by atoms with van der Waals surface area (Å²) in [4.78, 5) is 48.6. The van der Waals surface area contributed by atoms with Gasteiger partial charge in [-0.15, -0.1) is 0 Å². The Morgan fingerprint density at radius 3 is 2.34 bits per heavy atom. The highest BCUT2D eigenvalue weighted by Crippen LogP contribution is 2.64. The third kappa shape index (κ3) is 6.60. The van der Waals surface area contributed by atoms with Crippen LogP contribution in [0.3, 0.4) is 0 Å². The highest BCUT2D eigenvalue weighted by molar-refractivity contribution is 5.85. The molecule has 1 N–H and O–H groups in total. The standard InChI is InChI=1S/C30H48O8/c1-7-8-25(37-18(3)31)24(33)14-20-13-21-16-27(34)30(5)22(17(2)9-12-28(35)36-6)10-11-23(30)29(21)26(15-20)38-19(4)32/h17,20-23,25-27,29,34H,7-16H2,1-6H3/t17-,20+,21+,22?,23+,25-,26-,27+,29-,30-/m1/s1. The van der Waals surface area contributed by atoms with Crippen LogP contribution in [0.15, 0.2) is 0 Å². The lowest BCUT2D eigenvalue weighted by molar-refractivity contribution is -0.179. The van der Waals surface area contributed by atoms with Gasteiger partial charge in [-0.3, -0.25) is 19.2 Å². The lowest BCUT2D eigenvalue weighted by atomic mass is 9.50. The summed E-state index contributed by atoms with van der Waals surface area (Å²) < 4.78 is 16.1. The lowest BCUT2D eigenvalue weighted by Crippen LogP contribution is -2.57. The molecule has 3 rings (SSSR count). The first-order chi connectivity index (χ1) is 17.9. The molecule has 3 aliphatic rings. The molecule has 3 aliphatic carbocycles. The molecule has 0 amide bonds. The van der Waals surface area contributed by atoms with E-state index in [1.54, 1.807) is 0 Å². The fourth-order valence-electron chi connectivity index (χ4n) is 8.43. The predicted molar refractivity (Wildman–Crippen MR) is 141 cm³/mol. The number of ether oxygens (including phenoxy) is 3. The number of aliphatic hydroxyl groups is 1. The average molecular weight is 537 g/mol. The van der Waals surface area contributed by atoms with Crippen molar-refractivity contribution in [3.05, 3.63) is 0 Å². The number of methoxy groups -OCH3 is 1. The Balaban J connectivity index is 1.79. The molecule has 0 saturated heterocycles. The number of ketones is 1. The first-order valence-corrected chi connectivity index (χ1v) is 14.5. The fraction of sp³-hybridized carbons (Fsp3) is 0.867. The molecular formula is C30H48O8. The van der Waals surface area contributed by atoms with Gasteiger partial charge < -0.3 is 19.3 Å². The molecule has 0 radical (unpaired) electrons. The Hall–Kier alpha value is -1.96. The number of aliphatic hydroxyl groups excluding tert-OH is 1. The van der Waals surface area contributed by atoms with Gasteiger partial charge in [0.05, 0.1) is 13.2 Å². The summed E-state index contributed by atoms with van der Waals surface area (Å²) in [5, 5.41) is 11.6. The summed E-state index contributed by atoms with van der Waals surface area (Å²) in [5.74, 6) is -0.0302. The molecule has 38 heavy (non-hydrogen) atoms. The largest absolute Gasteiger partial charge is 0.469 e.